The summed E-state index contributed by atoms with van der Waals surface area (Å²) in [5, 5.41) is 9.60. The van der Waals surface area contributed by atoms with E-state index in [-0.39, 0.29) is 6.61 Å². The Morgan fingerprint density at radius 2 is 2.09 bits per heavy atom. The number of nitrogens with zero attached hydrogens (tertiary/aromatic N) is 2. The van der Waals surface area contributed by atoms with Crippen LogP contribution in [0.2, 0.25) is 0 Å². The average molecular weight is 311 g/mol. The van der Waals surface area contributed by atoms with Crippen LogP contribution in [0.25, 0.3) is 16.7 Å². The standard InChI is InChI=1S/C17H17N3O3/c1-2-23-15-8-7-11(9-12(15)17(18)22)20-14-6-4-3-5-13(14)19-16(20)10-21/h3-9,21H,2,10H2,1H3,(H2,18,22). The van der Waals surface area contributed by atoms with Crippen molar-refractivity contribution < 1.29 is 14.6 Å². The smallest absolute Gasteiger partial charge is 0.252 e. The van der Waals surface area contributed by atoms with E-state index in [4.69, 9.17) is 10.5 Å². The maximum Gasteiger partial charge on any atom is 0.252 e. The van der Waals surface area contributed by atoms with E-state index < -0.39 is 5.91 Å². The maximum atomic E-state index is 11.7. The Bertz CT molecular complexity index is 871. The number of aliphatic hydroxyl groups excluding tert-OH is 1. The summed E-state index contributed by atoms with van der Waals surface area (Å²) in [7, 11) is 0. The van der Waals surface area contributed by atoms with Crippen molar-refractivity contribution >= 4 is 16.9 Å². The second kappa shape index (κ2) is 6.10. The number of nitrogens with two attached hydrogens (primary N) is 1. The first-order valence-electron chi connectivity index (χ1n) is 7.30. The number of hydrogen-bond donors (Lipinski definition) is 2. The maximum absolute atomic E-state index is 11.7. The zero-order chi connectivity index (χ0) is 16.4. The summed E-state index contributed by atoms with van der Waals surface area (Å²) in [6.45, 7) is 2.06. The third-order valence-corrected chi connectivity index (χ3v) is 3.56. The molecule has 0 atom stereocenters. The summed E-state index contributed by atoms with van der Waals surface area (Å²) in [4.78, 5) is 16.1. The van der Waals surface area contributed by atoms with Gasteiger partial charge in [-0.05, 0) is 37.3 Å². The van der Waals surface area contributed by atoms with Gasteiger partial charge in [-0.25, -0.2) is 4.98 Å². The van der Waals surface area contributed by atoms with Crippen molar-refractivity contribution in [3.8, 4) is 11.4 Å². The Labute approximate surface area is 133 Å². The number of rotatable bonds is 5. The number of benzene rings is 2. The summed E-state index contributed by atoms with van der Waals surface area (Å²) in [6, 6.07) is 12.7. The van der Waals surface area contributed by atoms with Crippen molar-refractivity contribution in [1.82, 2.24) is 9.55 Å². The molecule has 0 saturated heterocycles. The highest BCUT2D eigenvalue weighted by Gasteiger charge is 2.15. The van der Waals surface area contributed by atoms with E-state index in [1.54, 1.807) is 16.7 Å². The van der Waals surface area contributed by atoms with Gasteiger partial charge in [-0.15, -0.1) is 0 Å². The molecule has 6 nitrogen and oxygen atoms in total. The van der Waals surface area contributed by atoms with Crippen molar-refractivity contribution in [2.75, 3.05) is 6.61 Å². The van der Waals surface area contributed by atoms with E-state index in [2.05, 4.69) is 4.98 Å². The van der Waals surface area contributed by atoms with Gasteiger partial charge in [0.15, 0.2) is 0 Å². The molecule has 0 aliphatic heterocycles. The Hall–Kier alpha value is -2.86. The van der Waals surface area contributed by atoms with Crippen molar-refractivity contribution in [3.05, 3.63) is 53.9 Å². The zero-order valence-corrected chi connectivity index (χ0v) is 12.7. The molecule has 23 heavy (non-hydrogen) atoms. The van der Waals surface area contributed by atoms with Crippen molar-refractivity contribution in [1.29, 1.82) is 0 Å². The van der Waals surface area contributed by atoms with Crippen LogP contribution in [0.1, 0.15) is 23.1 Å². The lowest BCUT2D eigenvalue weighted by atomic mass is 10.1. The van der Waals surface area contributed by atoms with Crippen LogP contribution in [-0.4, -0.2) is 27.2 Å². The van der Waals surface area contributed by atoms with Crippen molar-refractivity contribution in [3.63, 3.8) is 0 Å². The van der Waals surface area contributed by atoms with Gasteiger partial charge in [0, 0.05) is 5.69 Å². The number of para-hydroxylation sites is 2. The molecule has 3 aromatic rings. The first-order valence-corrected chi connectivity index (χ1v) is 7.30. The van der Waals surface area contributed by atoms with E-state index in [9.17, 15) is 9.90 Å². The second-order valence-electron chi connectivity index (χ2n) is 4.99. The van der Waals surface area contributed by atoms with Crippen LogP contribution in [0.15, 0.2) is 42.5 Å². The predicted octanol–water partition coefficient (Wildman–Crippen LogP) is 2.02. The molecular weight excluding hydrogens is 294 g/mol. The molecular formula is C17H17N3O3. The van der Waals surface area contributed by atoms with Crippen LogP contribution in [0.4, 0.5) is 0 Å². The summed E-state index contributed by atoms with van der Waals surface area (Å²) in [5.74, 6) is 0.370. The molecule has 2 aromatic carbocycles. The van der Waals surface area contributed by atoms with Gasteiger partial charge < -0.3 is 15.6 Å². The minimum atomic E-state index is -0.565. The molecule has 0 saturated carbocycles. The zero-order valence-electron chi connectivity index (χ0n) is 12.7. The highest BCUT2D eigenvalue weighted by Crippen LogP contribution is 2.26. The van der Waals surface area contributed by atoms with Gasteiger partial charge in [0.1, 0.15) is 18.2 Å². The number of amides is 1. The van der Waals surface area contributed by atoms with Gasteiger partial charge in [-0.3, -0.25) is 9.36 Å². The van der Waals surface area contributed by atoms with E-state index in [0.717, 1.165) is 11.0 Å². The quantitative estimate of drug-likeness (QED) is 0.754. The van der Waals surface area contributed by atoms with E-state index in [1.165, 1.54) is 0 Å². The van der Waals surface area contributed by atoms with Crippen LogP contribution in [0.3, 0.4) is 0 Å². The van der Waals surface area contributed by atoms with Gasteiger partial charge >= 0.3 is 0 Å². The molecule has 0 bridgehead atoms. The fourth-order valence-corrected chi connectivity index (χ4v) is 2.60. The van der Waals surface area contributed by atoms with Crippen LogP contribution in [-0.2, 0) is 6.61 Å². The normalized spacial score (nSPS) is 10.9. The molecule has 0 aliphatic rings. The first-order chi connectivity index (χ1) is 11.2. The summed E-state index contributed by atoms with van der Waals surface area (Å²) < 4.78 is 7.24. The van der Waals surface area contributed by atoms with E-state index in [1.807, 2.05) is 37.3 Å². The lowest BCUT2D eigenvalue weighted by Gasteiger charge is -2.12. The topological polar surface area (TPSA) is 90.4 Å². The highest BCUT2D eigenvalue weighted by atomic mass is 16.5. The molecule has 1 heterocycles. The van der Waals surface area contributed by atoms with Crippen molar-refractivity contribution in [2.24, 2.45) is 5.73 Å². The van der Waals surface area contributed by atoms with Gasteiger partial charge in [0.05, 0.1) is 23.2 Å². The molecule has 0 fully saturated rings. The molecule has 1 aromatic heterocycles. The number of carbonyl (C=O) groups is 1. The molecule has 3 N–H and O–H groups in total. The number of hydrogen-bond acceptors (Lipinski definition) is 4. The lowest BCUT2D eigenvalue weighted by Crippen LogP contribution is -2.14. The minimum Gasteiger partial charge on any atom is -0.493 e. The second-order valence-corrected chi connectivity index (χ2v) is 4.99. The average Bonchev–Trinajstić information content (AvgIpc) is 2.94. The van der Waals surface area contributed by atoms with Crippen LogP contribution >= 0.6 is 0 Å². The van der Waals surface area contributed by atoms with Crippen LogP contribution < -0.4 is 10.5 Å². The lowest BCUT2D eigenvalue weighted by molar-refractivity contribution is 0.0996. The highest BCUT2D eigenvalue weighted by molar-refractivity contribution is 5.96. The van der Waals surface area contributed by atoms with Crippen LogP contribution in [0, 0.1) is 0 Å². The predicted molar refractivity (Wildman–Crippen MR) is 86.7 cm³/mol. The number of ether oxygens (including phenoxy) is 1. The molecule has 0 unspecified atom stereocenters. The number of primary amides is 1. The molecule has 0 radical (unpaired) electrons. The monoisotopic (exact) mass is 311 g/mol. The number of fused-ring (bicyclic) bond motifs is 1. The van der Waals surface area contributed by atoms with E-state index >= 15 is 0 Å². The van der Waals surface area contributed by atoms with Gasteiger partial charge in [0.2, 0.25) is 0 Å². The third-order valence-electron chi connectivity index (χ3n) is 3.56. The molecule has 6 heteroatoms. The minimum absolute atomic E-state index is 0.214. The van der Waals surface area contributed by atoms with E-state index in [0.29, 0.717) is 29.4 Å². The third kappa shape index (κ3) is 2.64. The molecule has 0 aliphatic carbocycles. The first kappa shape index (κ1) is 15.1. The fraction of sp³-hybridized carbons (Fsp3) is 0.176. The van der Waals surface area contributed by atoms with Gasteiger partial charge in [-0.1, -0.05) is 12.1 Å². The number of carbonyl (C=O) groups excluding carboxylic acids is 1. The molecule has 1 amide bonds. The Morgan fingerprint density at radius 3 is 2.78 bits per heavy atom. The Kier molecular flexibility index (Phi) is 3.99. The summed E-state index contributed by atoms with van der Waals surface area (Å²) in [5.41, 5.74) is 8.06. The fourth-order valence-electron chi connectivity index (χ4n) is 2.60. The Morgan fingerprint density at radius 1 is 1.30 bits per heavy atom. The number of aliphatic hydroxyl groups is 1. The largest absolute Gasteiger partial charge is 0.493 e. The van der Waals surface area contributed by atoms with Crippen LogP contribution in [0.5, 0.6) is 5.75 Å². The molecule has 0 spiro atoms. The summed E-state index contributed by atoms with van der Waals surface area (Å²) in [6.07, 6.45) is 0. The Balaban J connectivity index is 2.22. The SMILES string of the molecule is CCOc1ccc(-n2c(CO)nc3ccccc32)cc1C(N)=O. The van der Waals surface area contributed by atoms with Gasteiger partial charge in [0.25, 0.3) is 5.91 Å². The molecule has 118 valence electrons. The van der Waals surface area contributed by atoms with Crippen molar-refractivity contribution in [2.45, 2.75) is 13.5 Å². The number of aromatic nitrogens is 2. The number of imidazole rings is 1. The molecule has 3 rings (SSSR count). The summed E-state index contributed by atoms with van der Waals surface area (Å²) >= 11 is 0. The van der Waals surface area contributed by atoms with Gasteiger partial charge in [-0.2, -0.15) is 0 Å².